The lowest BCUT2D eigenvalue weighted by Crippen LogP contribution is -2.13. The average molecular weight is 352 g/mol. The van der Waals surface area contributed by atoms with Gasteiger partial charge < -0.3 is 19.8 Å². The minimum absolute atomic E-state index is 0.180. The Labute approximate surface area is 149 Å². The van der Waals surface area contributed by atoms with Crippen molar-refractivity contribution >= 4 is 23.2 Å². The number of aromatic nitrogens is 2. The summed E-state index contributed by atoms with van der Waals surface area (Å²) in [4.78, 5) is 23.4. The topological polar surface area (TPSA) is 106 Å². The van der Waals surface area contributed by atoms with Crippen molar-refractivity contribution in [2.45, 2.75) is 6.92 Å². The van der Waals surface area contributed by atoms with Crippen LogP contribution in [0.5, 0.6) is 5.75 Å². The molecule has 2 aromatic carbocycles. The van der Waals surface area contributed by atoms with Crippen molar-refractivity contribution in [1.29, 1.82) is 0 Å². The first kappa shape index (κ1) is 17.2. The summed E-state index contributed by atoms with van der Waals surface area (Å²) >= 11 is 0. The number of rotatable bonds is 5. The summed E-state index contributed by atoms with van der Waals surface area (Å²) in [5, 5.41) is 13.0. The van der Waals surface area contributed by atoms with Crippen LogP contribution in [-0.2, 0) is 4.79 Å². The number of amides is 2. The van der Waals surface area contributed by atoms with Crippen LogP contribution >= 0.6 is 0 Å². The summed E-state index contributed by atoms with van der Waals surface area (Å²) in [5.74, 6) is -0.202. The second kappa shape index (κ2) is 7.47. The first-order chi connectivity index (χ1) is 12.6. The zero-order valence-corrected chi connectivity index (χ0v) is 14.1. The van der Waals surface area contributed by atoms with Crippen LogP contribution in [0.25, 0.3) is 11.5 Å². The van der Waals surface area contributed by atoms with Gasteiger partial charge >= 0.3 is 11.8 Å². The van der Waals surface area contributed by atoms with E-state index in [1.165, 1.54) is 14.0 Å². The fraction of sp³-hybridized carbons (Fsp3) is 0.111. The van der Waals surface area contributed by atoms with E-state index in [0.717, 1.165) is 0 Å². The third kappa shape index (κ3) is 3.86. The van der Waals surface area contributed by atoms with Gasteiger partial charge in [0.1, 0.15) is 5.75 Å². The Kier molecular flexibility index (Phi) is 4.93. The molecule has 8 nitrogen and oxygen atoms in total. The van der Waals surface area contributed by atoms with Crippen LogP contribution in [0.4, 0.5) is 11.4 Å². The van der Waals surface area contributed by atoms with Gasteiger partial charge in [0, 0.05) is 18.3 Å². The highest BCUT2D eigenvalue weighted by Crippen LogP contribution is 2.28. The molecule has 3 rings (SSSR count). The van der Waals surface area contributed by atoms with E-state index >= 15 is 0 Å². The van der Waals surface area contributed by atoms with Crippen LogP contribution in [0.2, 0.25) is 0 Å². The van der Waals surface area contributed by atoms with E-state index in [9.17, 15) is 9.59 Å². The molecule has 26 heavy (non-hydrogen) atoms. The molecule has 0 fully saturated rings. The molecule has 0 saturated carbocycles. The quantitative estimate of drug-likeness (QED) is 0.731. The van der Waals surface area contributed by atoms with E-state index < -0.39 is 5.91 Å². The van der Waals surface area contributed by atoms with Crippen molar-refractivity contribution in [2.24, 2.45) is 0 Å². The SMILES string of the molecule is COc1ccccc1-c1nnc(C(=O)Nc2cccc(NC(C)=O)c2)o1. The van der Waals surface area contributed by atoms with Gasteiger partial charge in [-0.2, -0.15) is 0 Å². The van der Waals surface area contributed by atoms with Crippen LogP contribution in [0.1, 0.15) is 17.6 Å². The Morgan fingerprint density at radius 2 is 1.73 bits per heavy atom. The maximum atomic E-state index is 12.3. The molecule has 0 atom stereocenters. The Hall–Kier alpha value is -3.68. The van der Waals surface area contributed by atoms with Crippen LogP contribution < -0.4 is 15.4 Å². The lowest BCUT2D eigenvalue weighted by molar-refractivity contribution is -0.114. The highest BCUT2D eigenvalue weighted by Gasteiger charge is 2.18. The highest BCUT2D eigenvalue weighted by atomic mass is 16.5. The molecular formula is C18H16N4O4. The minimum atomic E-state index is -0.557. The number of nitrogens with zero attached hydrogens (tertiary/aromatic N) is 2. The number of ether oxygens (including phenoxy) is 1. The molecule has 0 aliphatic heterocycles. The van der Waals surface area contributed by atoms with E-state index in [4.69, 9.17) is 9.15 Å². The summed E-state index contributed by atoms with van der Waals surface area (Å²) in [6.07, 6.45) is 0. The Morgan fingerprint density at radius 3 is 2.46 bits per heavy atom. The molecule has 0 unspecified atom stereocenters. The van der Waals surface area contributed by atoms with Gasteiger partial charge in [0.15, 0.2) is 0 Å². The zero-order chi connectivity index (χ0) is 18.5. The largest absolute Gasteiger partial charge is 0.496 e. The fourth-order valence-electron chi connectivity index (χ4n) is 2.31. The number of carbonyl (C=O) groups is 2. The van der Waals surface area contributed by atoms with Gasteiger partial charge in [-0.05, 0) is 30.3 Å². The zero-order valence-electron chi connectivity index (χ0n) is 14.1. The number of benzene rings is 2. The van der Waals surface area contributed by atoms with Crippen LogP contribution in [0, 0.1) is 0 Å². The average Bonchev–Trinajstić information content (AvgIpc) is 3.11. The summed E-state index contributed by atoms with van der Waals surface area (Å²) in [5.41, 5.74) is 1.64. The van der Waals surface area contributed by atoms with E-state index in [1.54, 1.807) is 42.5 Å². The Bertz CT molecular complexity index is 952. The highest BCUT2D eigenvalue weighted by molar-refractivity contribution is 6.01. The van der Waals surface area contributed by atoms with Crippen LogP contribution in [-0.4, -0.2) is 29.1 Å². The molecule has 2 N–H and O–H groups in total. The molecule has 0 radical (unpaired) electrons. The monoisotopic (exact) mass is 352 g/mol. The Morgan fingerprint density at radius 1 is 1.00 bits per heavy atom. The summed E-state index contributed by atoms with van der Waals surface area (Å²) < 4.78 is 10.7. The van der Waals surface area contributed by atoms with Crippen molar-refractivity contribution in [2.75, 3.05) is 17.7 Å². The molecule has 3 aromatic rings. The van der Waals surface area contributed by atoms with Gasteiger partial charge in [-0.25, -0.2) is 0 Å². The van der Waals surface area contributed by atoms with Gasteiger partial charge in [0.2, 0.25) is 5.91 Å². The second-order valence-electron chi connectivity index (χ2n) is 5.33. The molecule has 0 aliphatic carbocycles. The van der Waals surface area contributed by atoms with Gasteiger partial charge in [0.05, 0.1) is 12.7 Å². The van der Waals surface area contributed by atoms with Gasteiger partial charge in [0.25, 0.3) is 5.89 Å². The molecule has 0 saturated heterocycles. The lowest BCUT2D eigenvalue weighted by Gasteiger charge is -2.06. The fourth-order valence-corrected chi connectivity index (χ4v) is 2.31. The number of hydrogen-bond donors (Lipinski definition) is 2. The van der Waals surface area contributed by atoms with E-state index in [1.807, 2.05) is 6.07 Å². The minimum Gasteiger partial charge on any atom is -0.496 e. The molecule has 0 aliphatic rings. The van der Waals surface area contributed by atoms with Crippen molar-refractivity contribution < 1.29 is 18.7 Å². The van der Waals surface area contributed by atoms with Crippen LogP contribution in [0.3, 0.4) is 0 Å². The summed E-state index contributed by atoms with van der Waals surface area (Å²) in [6.45, 7) is 1.41. The maximum Gasteiger partial charge on any atom is 0.313 e. The maximum absolute atomic E-state index is 12.3. The molecular weight excluding hydrogens is 336 g/mol. The number of carbonyl (C=O) groups excluding carboxylic acids is 2. The predicted molar refractivity (Wildman–Crippen MR) is 95.0 cm³/mol. The van der Waals surface area contributed by atoms with Gasteiger partial charge in [-0.3, -0.25) is 9.59 Å². The molecule has 132 valence electrons. The second-order valence-corrected chi connectivity index (χ2v) is 5.33. The third-order valence-electron chi connectivity index (χ3n) is 3.40. The standard InChI is InChI=1S/C18H16N4O4/c1-11(23)19-12-6-5-7-13(10-12)20-16(24)18-22-21-17(26-18)14-8-3-4-9-15(14)25-2/h3-10H,1-2H3,(H,19,23)(H,20,24). The predicted octanol–water partition coefficient (Wildman–Crippen LogP) is 2.96. The Balaban J connectivity index is 1.77. The van der Waals surface area contributed by atoms with Crippen LogP contribution in [0.15, 0.2) is 52.9 Å². The van der Waals surface area contributed by atoms with Crippen molar-refractivity contribution in [3.63, 3.8) is 0 Å². The van der Waals surface area contributed by atoms with Crippen molar-refractivity contribution in [1.82, 2.24) is 10.2 Å². The van der Waals surface area contributed by atoms with E-state index in [2.05, 4.69) is 20.8 Å². The molecule has 0 spiro atoms. The number of anilines is 2. The molecule has 1 heterocycles. The van der Waals surface area contributed by atoms with Crippen molar-refractivity contribution in [3.8, 4) is 17.2 Å². The number of nitrogens with one attached hydrogen (secondary N) is 2. The number of hydrogen-bond acceptors (Lipinski definition) is 6. The summed E-state index contributed by atoms with van der Waals surface area (Å²) in [6, 6.07) is 13.8. The van der Waals surface area contributed by atoms with E-state index in [-0.39, 0.29) is 17.7 Å². The lowest BCUT2D eigenvalue weighted by atomic mass is 10.2. The first-order valence-electron chi connectivity index (χ1n) is 7.72. The van der Waals surface area contributed by atoms with E-state index in [0.29, 0.717) is 22.7 Å². The van der Waals surface area contributed by atoms with Gasteiger partial charge in [-0.15, -0.1) is 10.2 Å². The summed E-state index contributed by atoms with van der Waals surface area (Å²) in [7, 11) is 1.53. The molecule has 2 amide bonds. The van der Waals surface area contributed by atoms with Crippen molar-refractivity contribution in [3.05, 3.63) is 54.4 Å². The molecule has 1 aromatic heterocycles. The number of methoxy groups -OCH3 is 1. The molecule has 0 bridgehead atoms. The number of para-hydroxylation sites is 1. The first-order valence-corrected chi connectivity index (χ1v) is 7.72. The molecule has 8 heteroatoms. The van der Waals surface area contributed by atoms with Gasteiger partial charge in [-0.1, -0.05) is 18.2 Å². The third-order valence-corrected chi connectivity index (χ3v) is 3.40. The smallest absolute Gasteiger partial charge is 0.313 e. The normalized spacial score (nSPS) is 10.2.